The lowest BCUT2D eigenvalue weighted by atomic mass is 10.1. The maximum Gasteiger partial charge on any atom is 0.307 e. The average Bonchev–Trinajstić information content (AvgIpc) is 2.24. The van der Waals surface area contributed by atoms with Gasteiger partial charge < -0.3 is 10.0 Å². The number of hydrogen-bond acceptors (Lipinski definition) is 2. The van der Waals surface area contributed by atoms with Gasteiger partial charge in [-0.3, -0.25) is 4.79 Å². The minimum Gasteiger partial charge on any atom is -0.481 e. The fourth-order valence-electron chi connectivity index (χ4n) is 1.57. The minimum absolute atomic E-state index is 0.0994. The van der Waals surface area contributed by atoms with Crippen LogP contribution in [0.2, 0.25) is 5.02 Å². The third-order valence-electron chi connectivity index (χ3n) is 2.48. The zero-order valence-corrected chi connectivity index (χ0v) is 10.5. The van der Waals surface area contributed by atoms with Gasteiger partial charge in [-0.25, -0.2) is 4.39 Å². The van der Waals surface area contributed by atoms with Crippen molar-refractivity contribution in [3.05, 3.63) is 34.6 Å². The first-order valence-electron chi connectivity index (χ1n) is 5.26. The first-order chi connectivity index (χ1) is 7.91. The molecule has 1 unspecified atom stereocenters. The van der Waals surface area contributed by atoms with Crippen molar-refractivity contribution >= 4 is 17.6 Å². The molecule has 0 bridgehead atoms. The van der Waals surface area contributed by atoms with Gasteiger partial charge in [0.05, 0.1) is 10.9 Å². The quantitative estimate of drug-likeness (QED) is 0.884. The molecule has 0 saturated carbocycles. The highest BCUT2D eigenvalue weighted by Crippen LogP contribution is 2.20. The van der Waals surface area contributed by atoms with Gasteiger partial charge in [-0.1, -0.05) is 30.7 Å². The molecule has 17 heavy (non-hydrogen) atoms. The molecule has 1 aromatic carbocycles. The summed E-state index contributed by atoms with van der Waals surface area (Å²) in [4.78, 5) is 12.5. The molecule has 0 aliphatic carbocycles. The third-order valence-corrected chi connectivity index (χ3v) is 2.90. The highest BCUT2D eigenvalue weighted by Gasteiger charge is 2.15. The van der Waals surface area contributed by atoms with E-state index >= 15 is 0 Å². The van der Waals surface area contributed by atoms with Crippen LogP contribution in [0.15, 0.2) is 18.2 Å². The van der Waals surface area contributed by atoms with Crippen LogP contribution in [0, 0.1) is 11.7 Å². The molecule has 0 fully saturated rings. The Hall–Kier alpha value is -1.13. The van der Waals surface area contributed by atoms with Crippen molar-refractivity contribution in [1.29, 1.82) is 0 Å². The van der Waals surface area contributed by atoms with E-state index in [1.54, 1.807) is 31.0 Å². The van der Waals surface area contributed by atoms with Gasteiger partial charge in [-0.15, -0.1) is 0 Å². The molecule has 0 aliphatic rings. The van der Waals surface area contributed by atoms with Crippen molar-refractivity contribution in [3.8, 4) is 0 Å². The number of nitrogens with zero attached hydrogens (tertiary/aromatic N) is 1. The van der Waals surface area contributed by atoms with E-state index in [-0.39, 0.29) is 5.02 Å². The Balaban J connectivity index is 2.65. The maximum absolute atomic E-state index is 13.2. The number of rotatable bonds is 5. The molecule has 0 aromatic heterocycles. The normalized spacial score (nSPS) is 12.8. The molecule has 0 saturated heterocycles. The SMILES string of the molecule is CC(CN(C)Cc1cccc(F)c1Cl)C(=O)O. The van der Waals surface area contributed by atoms with Gasteiger partial charge in [-0.2, -0.15) is 0 Å². The lowest BCUT2D eigenvalue weighted by molar-refractivity contribution is -0.141. The number of hydrogen-bond donors (Lipinski definition) is 1. The van der Waals surface area contributed by atoms with E-state index in [4.69, 9.17) is 16.7 Å². The predicted molar refractivity (Wildman–Crippen MR) is 64.5 cm³/mol. The van der Waals surface area contributed by atoms with Gasteiger partial charge in [0.1, 0.15) is 5.82 Å². The summed E-state index contributed by atoms with van der Waals surface area (Å²) in [5.74, 6) is -1.77. The molecule has 1 rings (SSSR count). The fraction of sp³-hybridized carbons (Fsp3) is 0.417. The van der Waals surface area contributed by atoms with E-state index in [9.17, 15) is 9.18 Å². The van der Waals surface area contributed by atoms with Crippen LogP contribution < -0.4 is 0 Å². The number of carboxylic acid groups (broad SMARTS) is 1. The van der Waals surface area contributed by atoms with Crippen molar-refractivity contribution < 1.29 is 14.3 Å². The lowest BCUT2D eigenvalue weighted by Gasteiger charge is -2.19. The van der Waals surface area contributed by atoms with E-state index in [1.807, 2.05) is 0 Å². The van der Waals surface area contributed by atoms with Crippen molar-refractivity contribution in [2.24, 2.45) is 5.92 Å². The molecule has 1 atom stereocenters. The third kappa shape index (κ3) is 3.98. The lowest BCUT2D eigenvalue weighted by Crippen LogP contribution is -2.28. The van der Waals surface area contributed by atoms with Crippen LogP contribution in [0.1, 0.15) is 12.5 Å². The second-order valence-corrected chi connectivity index (χ2v) is 4.53. The summed E-state index contributed by atoms with van der Waals surface area (Å²) < 4.78 is 13.2. The molecule has 3 nitrogen and oxygen atoms in total. The van der Waals surface area contributed by atoms with Gasteiger partial charge in [0.2, 0.25) is 0 Å². The standard InChI is InChI=1S/C12H15ClFNO2/c1-8(12(16)17)6-15(2)7-9-4-3-5-10(14)11(9)13/h3-5,8H,6-7H2,1-2H3,(H,16,17). The predicted octanol–water partition coefficient (Wildman–Crippen LogP) is 2.63. The Morgan fingerprint density at radius 1 is 1.59 bits per heavy atom. The molecule has 1 N–H and O–H groups in total. The summed E-state index contributed by atoms with van der Waals surface area (Å²) in [5, 5.41) is 8.88. The van der Waals surface area contributed by atoms with Crippen molar-refractivity contribution in [2.75, 3.05) is 13.6 Å². The smallest absolute Gasteiger partial charge is 0.307 e. The summed E-state index contributed by atoms with van der Waals surface area (Å²) in [6.07, 6.45) is 0. The molecule has 1 aromatic rings. The van der Waals surface area contributed by atoms with Gasteiger partial charge in [-0.05, 0) is 18.7 Å². The maximum atomic E-state index is 13.2. The molecular weight excluding hydrogens is 245 g/mol. The van der Waals surface area contributed by atoms with Gasteiger partial charge >= 0.3 is 5.97 Å². The van der Waals surface area contributed by atoms with E-state index in [0.717, 1.165) is 0 Å². The Morgan fingerprint density at radius 3 is 2.82 bits per heavy atom. The highest BCUT2D eigenvalue weighted by molar-refractivity contribution is 6.31. The Kier molecular flexibility index (Phi) is 4.90. The fourth-order valence-corrected chi connectivity index (χ4v) is 1.76. The minimum atomic E-state index is -0.845. The molecule has 0 amide bonds. The van der Waals surface area contributed by atoms with Gasteiger partial charge in [0.15, 0.2) is 0 Å². The molecule has 0 aliphatic heterocycles. The van der Waals surface area contributed by atoms with Crippen LogP contribution in [0.4, 0.5) is 4.39 Å². The van der Waals surface area contributed by atoms with Crippen molar-refractivity contribution in [2.45, 2.75) is 13.5 Å². The molecule has 5 heteroatoms. The number of carbonyl (C=O) groups is 1. The highest BCUT2D eigenvalue weighted by atomic mass is 35.5. The monoisotopic (exact) mass is 259 g/mol. The summed E-state index contributed by atoms with van der Waals surface area (Å²) in [7, 11) is 1.78. The molecule has 0 spiro atoms. The largest absolute Gasteiger partial charge is 0.481 e. The topological polar surface area (TPSA) is 40.5 Å². The van der Waals surface area contributed by atoms with Crippen LogP contribution in [0.5, 0.6) is 0 Å². The molecular formula is C12H15ClFNO2. The Bertz CT molecular complexity index is 411. The average molecular weight is 260 g/mol. The second kappa shape index (κ2) is 5.98. The van der Waals surface area contributed by atoms with Crippen LogP contribution in [-0.2, 0) is 11.3 Å². The first-order valence-corrected chi connectivity index (χ1v) is 5.64. The summed E-state index contributed by atoms with van der Waals surface area (Å²) in [6.45, 7) is 2.45. The first kappa shape index (κ1) is 13.9. The van der Waals surface area contributed by atoms with Crippen molar-refractivity contribution in [1.82, 2.24) is 4.90 Å². The molecule has 94 valence electrons. The number of aliphatic carboxylic acids is 1. The van der Waals surface area contributed by atoms with E-state index in [1.165, 1.54) is 6.07 Å². The zero-order chi connectivity index (χ0) is 13.0. The number of carboxylic acids is 1. The van der Waals surface area contributed by atoms with E-state index in [0.29, 0.717) is 18.7 Å². The summed E-state index contributed by atoms with van der Waals surface area (Å²) in [6, 6.07) is 4.62. The zero-order valence-electron chi connectivity index (χ0n) is 9.78. The van der Waals surface area contributed by atoms with Gasteiger partial charge in [0, 0.05) is 13.1 Å². The van der Waals surface area contributed by atoms with Crippen LogP contribution in [-0.4, -0.2) is 29.6 Å². The summed E-state index contributed by atoms with van der Waals surface area (Å²) >= 11 is 5.82. The van der Waals surface area contributed by atoms with Crippen molar-refractivity contribution in [3.63, 3.8) is 0 Å². The van der Waals surface area contributed by atoms with E-state index < -0.39 is 17.7 Å². The van der Waals surface area contributed by atoms with Gasteiger partial charge in [0.25, 0.3) is 0 Å². The number of benzene rings is 1. The Labute approximate surface area is 105 Å². The molecule has 0 radical (unpaired) electrons. The number of halogens is 2. The summed E-state index contributed by atoms with van der Waals surface area (Å²) in [5.41, 5.74) is 0.659. The molecule has 0 heterocycles. The van der Waals surface area contributed by atoms with E-state index in [2.05, 4.69) is 0 Å². The Morgan fingerprint density at radius 2 is 2.24 bits per heavy atom. The van der Waals surface area contributed by atoms with Crippen LogP contribution >= 0.6 is 11.6 Å². The van der Waals surface area contributed by atoms with Crippen LogP contribution in [0.3, 0.4) is 0 Å². The van der Waals surface area contributed by atoms with Crippen LogP contribution in [0.25, 0.3) is 0 Å². The second-order valence-electron chi connectivity index (χ2n) is 4.15.